The molecule has 0 unspecified atom stereocenters. The summed E-state index contributed by atoms with van der Waals surface area (Å²) in [6, 6.07) is 3.79. The molecule has 0 fully saturated rings. The Morgan fingerprint density at radius 1 is 1.37 bits per heavy atom. The predicted molar refractivity (Wildman–Crippen MR) is 73.5 cm³/mol. The van der Waals surface area contributed by atoms with E-state index in [2.05, 4.69) is 15.2 Å². The van der Waals surface area contributed by atoms with Crippen LogP contribution < -0.4 is 5.73 Å². The van der Waals surface area contributed by atoms with Crippen molar-refractivity contribution < 1.29 is 4.79 Å². The molecule has 0 saturated heterocycles. The summed E-state index contributed by atoms with van der Waals surface area (Å²) in [7, 11) is 0. The molecule has 0 atom stereocenters. The first kappa shape index (κ1) is 13.5. The van der Waals surface area contributed by atoms with Crippen molar-refractivity contribution in [3.63, 3.8) is 0 Å². The third-order valence-corrected chi connectivity index (χ3v) is 3.52. The first-order valence-corrected chi connectivity index (χ1v) is 6.95. The molecule has 0 aliphatic rings. The van der Waals surface area contributed by atoms with E-state index in [9.17, 15) is 4.79 Å². The molecule has 0 aliphatic carbocycles. The average molecular weight is 277 g/mol. The van der Waals surface area contributed by atoms with Crippen molar-refractivity contribution in [2.45, 2.75) is 25.0 Å². The largest absolute Gasteiger partial charge is 0.370 e. The molecule has 0 aromatic carbocycles. The molecule has 0 spiro atoms. The van der Waals surface area contributed by atoms with Gasteiger partial charge in [0.15, 0.2) is 11.0 Å². The van der Waals surface area contributed by atoms with Gasteiger partial charge < -0.3 is 10.3 Å². The highest BCUT2D eigenvalue weighted by molar-refractivity contribution is 7.99. The predicted octanol–water partition coefficient (Wildman–Crippen LogP) is 1.33. The topological polar surface area (TPSA) is 86.7 Å². The number of nitrogens with zero attached hydrogens (tertiary/aromatic N) is 4. The second-order valence-corrected chi connectivity index (χ2v) is 4.91. The quantitative estimate of drug-likeness (QED) is 0.805. The number of hydrogen-bond acceptors (Lipinski definition) is 5. The zero-order chi connectivity index (χ0) is 13.7. The van der Waals surface area contributed by atoms with Crippen LogP contribution in [0.15, 0.2) is 29.7 Å². The second kappa shape index (κ2) is 6.33. The summed E-state index contributed by atoms with van der Waals surface area (Å²) in [5.74, 6) is 1.12. The van der Waals surface area contributed by atoms with E-state index in [1.165, 1.54) is 11.8 Å². The molecule has 0 radical (unpaired) electrons. The minimum absolute atomic E-state index is 0.301. The normalized spacial score (nSPS) is 10.6. The molecular weight excluding hydrogens is 262 g/mol. The van der Waals surface area contributed by atoms with E-state index in [0.717, 1.165) is 23.1 Å². The van der Waals surface area contributed by atoms with Gasteiger partial charge in [-0.2, -0.15) is 0 Å². The van der Waals surface area contributed by atoms with E-state index in [4.69, 9.17) is 5.73 Å². The molecule has 7 heteroatoms. The van der Waals surface area contributed by atoms with E-state index < -0.39 is 0 Å². The molecule has 2 rings (SSSR count). The zero-order valence-corrected chi connectivity index (χ0v) is 11.4. The number of thioether (sulfide) groups is 1. The van der Waals surface area contributed by atoms with Gasteiger partial charge in [-0.3, -0.25) is 9.78 Å². The standard InChI is InChI=1S/C12H15N5OS/c1-2-17-11(9-3-6-14-7-4-9)15-16-12(17)19-8-5-10(13)18/h3-4,6-7H,2,5,8H2,1H3,(H2,13,18). The Bertz CT molecular complexity index is 555. The number of rotatable bonds is 6. The Morgan fingerprint density at radius 3 is 2.74 bits per heavy atom. The zero-order valence-electron chi connectivity index (χ0n) is 10.6. The fourth-order valence-corrected chi connectivity index (χ4v) is 2.59. The van der Waals surface area contributed by atoms with Crippen LogP contribution in [0.2, 0.25) is 0 Å². The monoisotopic (exact) mass is 277 g/mol. The Kier molecular flexibility index (Phi) is 4.51. The molecule has 0 aliphatic heterocycles. The number of carbonyl (C=O) groups is 1. The van der Waals surface area contributed by atoms with Crippen LogP contribution in [0.5, 0.6) is 0 Å². The van der Waals surface area contributed by atoms with Crippen LogP contribution in [0.1, 0.15) is 13.3 Å². The third kappa shape index (κ3) is 3.31. The van der Waals surface area contributed by atoms with Crippen molar-refractivity contribution >= 4 is 17.7 Å². The lowest BCUT2D eigenvalue weighted by Crippen LogP contribution is -2.11. The lowest BCUT2D eigenvalue weighted by atomic mass is 10.2. The van der Waals surface area contributed by atoms with Crippen LogP contribution in [0.25, 0.3) is 11.4 Å². The Hall–Kier alpha value is -1.89. The highest BCUT2D eigenvalue weighted by Gasteiger charge is 2.12. The van der Waals surface area contributed by atoms with Gasteiger partial charge in [-0.1, -0.05) is 11.8 Å². The smallest absolute Gasteiger partial charge is 0.218 e. The summed E-state index contributed by atoms with van der Waals surface area (Å²) in [6.45, 7) is 2.80. The lowest BCUT2D eigenvalue weighted by molar-refractivity contribution is -0.117. The van der Waals surface area contributed by atoms with Crippen LogP contribution in [-0.2, 0) is 11.3 Å². The lowest BCUT2D eigenvalue weighted by Gasteiger charge is -2.06. The van der Waals surface area contributed by atoms with Gasteiger partial charge in [-0.05, 0) is 19.1 Å². The van der Waals surface area contributed by atoms with E-state index in [0.29, 0.717) is 12.2 Å². The van der Waals surface area contributed by atoms with Crippen LogP contribution in [0.4, 0.5) is 0 Å². The van der Waals surface area contributed by atoms with Gasteiger partial charge in [-0.25, -0.2) is 0 Å². The molecule has 1 amide bonds. The first-order valence-electron chi connectivity index (χ1n) is 5.97. The summed E-state index contributed by atoms with van der Waals surface area (Å²) in [5.41, 5.74) is 6.10. The SMILES string of the molecule is CCn1c(SCCC(N)=O)nnc1-c1ccncc1. The highest BCUT2D eigenvalue weighted by Crippen LogP contribution is 2.23. The number of amides is 1. The number of nitrogens with two attached hydrogens (primary N) is 1. The van der Waals surface area contributed by atoms with Gasteiger partial charge in [0.25, 0.3) is 0 Å². The molecule has 2 aromatic heterocycles. The maximum Gasteiger partial charge on any atom is 0.218 e. The van der Waals surface area contributed by atoms with Gasteiger partial charge in [-0.15, -0.1) is 10.2 Å². The molecule has 0 saturated carbocycles. The summed E-state index contributed by atoms with van der Waals surface area (Å²) >= 11 is 1.49. The summed E-state index contributed by atoms with van der Waals surface area (Å²) in [4.78, 5) is 14.7. The van der Waals surface area contributed by atoms with E-state index in [1.54, 1.807) is 12.4 Å². The van der Waals surface area contributed by atoms with Crippen molar-refractivity contribution in [2.24, 2.45) is 5.73 Å². The van der Waals surface area contributed by atoms with Crippen LogP contribution >= 0.6 is 11.8 Å². The molecule has 100 valence electrons. The molecule has 19 heavy (non-hydrogen) atoms. The summed E-state index contributed by atoms with van der Waals surface area (Å²) in [5, 5.41) is 9.17. The average Bonchev–Trinajstić information content (AvgIpc) is 2.82. The Balaban J connectivity index is 2.18. The minimum atomic E-state index is -0.301. The van der Waals surface area contributed by atoms with Gasteiger partial charge in [0.2, 0.25) is 5.91 Å². The van der Waals surface area contributed by atoms with E-state index >= 15 is 0 Å². The number of primary amides is 1. The highest BCUT2D eigenvalue weighted by atomic mass is 32.2. The van der Waals surface area contributed by atoms with Gasteiger partial charge in [0.05, 0.1) is 0 Å². The van der Waals surface area contributed by atoms with Crippen LogP contribution in [0, 0.1) is 0 Å². The van der Waals surface area contributed by atoms with E-state index in [1.807, 2.05) is 23.6 Å². The van der Waals surface area contributed by atoms with Crippen molar-refractivity contribution in [3.05, 3.63) is 24.5 Å². The van der Waals surface area contributed by atoms with Crippen molar-refractivity contribution in [1.82, 2.24) is 19.7 Å². The number of pyridine rings is 1. The fraction of sp³-hybridized carbons (Fsp3) is 0.333. The Morgan fingerprint density at radius 2 is 2.11 bits per heavy atom. The number of carbonyl (C=O) groups excluding carboxylic acids is 1. The maximum absolute atomic E-state index is 10.7. The van der Waals surface area contributed by atoms with Crippen molar-refractivity contribution in [1.29, 1.82) is 0 Å². The van der Waals surface area contributed by atoms with Crippen molar-refractivity contribution in [3.8, 4) is 11.4 Å². The first-order chi connectivity index (χ1) is 9.22. The molecular formula is C12H15N5OS. The summed E-state index contributed by atoms with van der Waals surface area (Å²) in [6.07, 6.45) is 3.79. The number of aromatic nitrogens is 4. The van der Waals surface area contributed by atoms with E-state index in [-0.39, 0.29) is 5.91 Å². The molecule has 6 nitrogen and oxygen atoms in total. The third-order valence-electron chi connectivity index (χ3n) is 2.55. The molecule has 2 heterocycles. The molecule has 2 N–H and O–H groups in total. The van der Waals surface area contributed by atoms with Crippen LogP contribution in [-0.4, -0.2) is 31.4 Å². The molecule has 2 aromatic rings. The van der Waals surface area contributed by atoms with Crippen LogP contribution in [0.3, 0.4) is 0 Å². The number of hydrogen-bond donors (Lipinski definition) is 1. The summed E-state index contributed by atoms with van der Waals surface area (Å²) < 4.78 is 2.01. The maximum atomic E-state index is 10.7. The van der Waals surface area contributed by atoms with Crippen molar-refractivity contribution in [2.75, 3.05) is 5.75 Å². The molecule has 0 bridgehead atoms. The Labute approximate surface area is 115 Å². The van der Waals surface area contributed by atoms with Gasteiger partial charge in [0, 0.05) is 36.7 Å². The fourth-order valence-electron chi connectivity index (χ4n) is 1.64. The van der Waals surface area contributed by atoms with Gasteiger partial charge in [0.1, 0.15) is 0 Å². The minimum Gasteiger partial charge on any atom is -0.370 e. The van der Waals surface area contributed by atoms with Gasteiger partial charge >= 0.3 is 0 Å². The second-order valence-electron chi connectivity index (χ2n) is 3.85.